The summed E-state index contributed by atoms with van der Waals surface area (Å²) in [5.41, 5.74) is 5.80. The van der Waals surface area contributed by atoms with E-state index >= 15 is 0 Å². The number of carbonyl (C=O) groups is 2. The third-order valence-corrected chi connectivity index (χ3v) is 7.35. The molecule has 9 heteroatoms. The molecule has 5 rings (SSSR count). The number of para-hydroxylation sites is 1. The molecular weight excluding hydrogens is 480 g/mol. The molecule has 0 saturated carbocycles. The fourth-order valence-electron chi connectivity index (χ4n) is 5.09. The molecule has 0 spiro atoms. The topological polar surface area (TPSA) is 106 Å². The molecule has 196 valence electrons. The van der Waals surface area contributed by atoms with Crippen molar-refractivity contribution in [2.75, 3.05) is 13.1 Å². The third-order valence-electron chi connectivity index (χ3n) is 7.35. The first kappa shape index (κ1) is 25.5. The van der Waals surface area contributed by atoms with E-state index in [0.717, 1.165) is 22.5 Å². The van der Waals surface area contributed by atoms with Crippen LogP contribution in [0.25, 0.3) is 22.5 Å². The minimum absolute atomic E-state index is 0.0184. The molecule has 3 aromatic heterocycles. The Morgan fingerprint density at radius 3 is 2.50 bits per heavy atom. The number of nitrogens with zero attached hydrogens (tertiary/aromatic N) is 6. The first-order valence-electron chi connectivity index (χ1n) is 13.0. The van der Waals surface area contributed by atoms with E-state index in [1.807, 2.05) is 55.1 Å². The molecule has 9 nitrogen and oxygen atoms in total. The Kier molecular flexibility index (Phi) is 6.94. The van der Waals surface area contributed by atoms with Crippen LogP contribution in [0.4, 0.5) is 0 Å². The zero-order chi connectivity index (χ0) is 27.0. The predicted octanol–water partition coefficient (Wildman–Crippen LogP) is 4.13. The van der Waals surface area contributed by atoms with Crippen LogP contribution in [0.1, 0.15) is 60.8 Å². The van der Waals surface area contributed by atoms with Crippen LogP contribution in [0.2, 0.25) is 0 Å². The summed E-state index contributed by atoms with van der Waals surface area (Å²) in [5.74, 6) is -0.409. The van der Waals surface area contributed by atoms with Crippen molar-refractivity contribution in [1.29, 1.82) is 0 Å². The molecule has 1 fully saturated rings. The van der Waals surface area contributed by atoms with Crippen molar-refractivity contribution in [3.63, 3.8) is 0 Å². The maximum Gasteiger partial charge on any atom is 0.251 e. The van der Waals surface area contributed by atoms with Gasteiger partial charge in [-0.25, -0.2) is 14.2 Å². The van der Waals surface area contributed by atoms with Crippen LogP contribution in [0, 0.1) is 6.92 Å². The average Bonchev–Trinajstić information content (AvgIpc) is 3.60. The van der Waals surface area contributed by atoms with Crippen molar-refractivity contribution in [2.24, 2.45) is 0 Å². The molecule has 1 aliphatic rings. The van der Waals surface area contributed by atoms with E-state index in [-0.39, 0.29) is 17.6 Å². The summed E-state index contributed by atoms with van der Waals surface area (Å²) in [4.78, 5) is 32.6. The molecule has 1 aromatic carbocycles. The monoisotopic (exact) mass is 512 g/mol. The Bertz CT molecular complexity index is 1510. The quantitative estimate of drug-likeness (QED) is 0.295. The lowest BCUT2D eigenvalue weighted by Crippen LogP contribution is -2.42. The molecule has 1 aliphatic heterocycles. The highest BCUT2D eigenvalue weighted by Crippen LogP contribution is 2.34. The van der Waals surface area contributed by atoms with Gasteiger partial charge < -0.3 is 10.0 Å². The summed E-state index contributed by atoms with van der Waals surface area (Å²) in [6, 6.07) is 9.86. The Labute approximate surface area is 221 Å². The van der Waals surface area contributed by atoms with Gasteiger partial charge in [0.15, 0.2) is 11.4 Å². The second-order valence-corrected chi connectivity index (χ2v) is 9.82. The maximum absolute atomic E-state index is 13.5. The zero-order valence-electron chi connectivity index (χ0n) is 22.0. The normalized spacial score (nSPS) is 15.1. The molecule has 1 amide bonds. The highest BCUT2D eigenvalue weighted by atomic mass is 16.3. The number of rotatable bonds is 7. The summed E-state index contributed by atoms with van der Waals surface area (Å²) in [6.45, 7) is 10.3. The number of aromatic nitrogens is 5. The number of aryl methyl sites for hydroxylation is 1. The van der Waals surface area contributed by atoms with Gasteiger partial charge in [-0.2, -0.15) is 10.2 Å². The van der Waals surface area contributed by atoms with Crippen molar-refractivity contribution in [1.82, 2.24) is 29.3 Å². The second kappa shape index (κ2) is 10.3. The van der Waals surface area contributed by atoms with Gasteiger partial charge in [-0.05, 0) is 50.8 Å². The van der Waals surface area contributed by atoms with Gasteiger partial charge in [0, 0.05) is 36.3 Å². The number of aliphatic hydroxyl groups excluding tert-OH is 1. The van der Waals surface area contributed by atoms with Crippen LogP contribution in [0.15, 0.2) is 61.1 Å². The number of hydrogen-bond donors (Lipinski definition) is 1. The minimum Gasteiger partial charge on any atom is -0.384 e. The van der Waals surface area contributed by atoms with Crippen LogP contribution in [-0.4, -0.2) is 65.3 Å². The number of carbonyl (C=O) groups excluding carboxylic acids is 2. The van der Waals surface area contributed by atoms with Crippen molar-refractivity contribution >= 4 is 17.3 Å². The summed E-state index contributed by atoms with van der Waals surface area (Å²) >= 11 is 0. The van der Waals surface area contributed by atoms with E-state index in [9.17, 15) is 14.7 Å². The number of ketones is 1. The molecule has 1 saturated heterocycles. The Morgan fingerprint density at radius 2 is 1.84 bits per heavy atom. The number of amides is 1. The minimum atomic E-state index is -1.03. The van der Waals surface area contributed by atoms with Crippen LogP contribution in [0.3, 0.4) is 0 Å². The van der Waals surface area contributed by atoms with Crippen LogP contribution >= 0.6 is 0 Å². The number of likely N-dealkylation sites (tertiary alicyclic amines) is 1. The highest BCUT2D eigenvalue weighted by molar-refractivity contribution is 6.10. The van der Waals surface area contributed by atoms with E-state index in [2.05, 4.69) is 16.8 Å². The highest BCUT2D eigenvalue weighted by Gasteiger charge is 2.32. The number of piperidine rings is 1. The van der Waals surface area contributed by atoms with Gasteiger partial charge in [0.05, 0.1) is 35.0 Å². The molecule has 0 bridgehead atoms. The summed E-state index contributed by atoms with van der Waals surface area (Å²) in [7, 11) is 0. The van der Waals surface area contributed by atoms with Gasteiger partial charge in [-0.1, -0.05) is 31.7 Å². The third kappa shape index (κ3) is 4.54. The fourth-order valence-corrected chi connectivity index (χ4v) is 5.09. The van der Waals surface area contributed by atoms with Gasteiger partial charge in [0.25, 0.3) is 5.91 Å². The van der Waals surface area contributed by atoms with E-state index in [1.54, 1.807) is 21.8 Å². The average molecular weight is 513 g/mol. The molecule has 4 aromatic rings. The van der Waals surface area contributed by atoms with Crippen molar-refractivity contribution < 1.29 is 14.7 Å². The lowest BCUT2D eigenvalue weighted by Gasteiger charge is -2.33. The Hall–Kier alpha value is -4.11. The predicted molar refractivity (Wildman–Crippen MR) is 144 cm³/mol. The fraction of sp³-hybridized carbons (Fsp3) is 0.345. The van der Waals surface area contributed by atoms with Gasteiger partial charge in [0.1, 0.15) is 6.10 Å². The molecular formula is C29H32N6O3. The van der Waals surface area contributed by atoms with Gasteiger partial charge in [-0.15, -0.1) is 0 Å². The zero-order valence-corrected chi connectivity index (χ0v) is 22.0. The van der Waals surface area contributed by atoms with E-state index in [0.29, 0.717) is 54.8 Å². The molecule has 0 aliphatic carbocycles. The summed E-state index contributed by atoms with van der Waals surface area (Å²) < 4.78 is 3.53. The van der Waals surface area contributed by atoms with Gasteiger partial charge in [-0.3, -0.25) is 9.59 Å². The first-order valence-corrected chi connectivity index (χ1v) is 13.0. The number of fused-ring (bicyclic) bond motifs is 1. The van der Waals surface area contributed by atoms with Gasteiger partial charge in [0.2, 0.25) is 0 Å². The van der Waals surface area contributed by atoms with E-state index in [4.69, 9.17) is 4.98 Å². The van der Waals surface area contributed by atoms with Crippen LogP contribution in [0.5, 0.6) is 0 Å². The van der Waals surface area contributed by atoms with Gasteiger partial charge >= 0.3 is 0 Å². The summed E-state index contributed by atoms with van der Waals surface area (Å²) in [6.07, 6.45) is 6.31. The molecule has 1 atom stereocenters. The lowest BCUT2D eigenvalue weighted by atomic mass is 9.87. The number of hydrogen-bond acceptors (Lipinski definition) is 6. The molecule has 0 radical (unpaired) electrons. The Morgan fingerprint density at radius 1 is 1.13 bits per heavy atom. The summed E-state index contributed by atoms with van der Waals surface area (Å²) in [5, 5.41) is 18.9. The Balaban J connectivity index is 1.58. The molecule has 4 heterocycles. The number of benzene rings is 1. The molecule has 38 heavy (non-hydrogen) atoms. The van der Waals surface area contributed by atoms with E-state index < -0.39 is 6.10 Å². The number of aliphatic hydroxyl groups is 1. The van der Waals surface area contributed by atoms with Crippen LogP contribution < -0.4 is 0 Å². The largest absolute Gasteiger partial charge is 0.384 e. The smallest absolute Gasteiger partial charge is 0.251 e. The number of allylic oxidation sites excluding steroid dienone is 1. The first-order chi connectivity index (χ1) is 18.3. The lowest BCUT2D eigenvalue weighted by molar-refractivity contribution is -0.140. The van der Waals surface area contributed by atoms with E-state index in [1.165, 1.54) is 6.92 Å². The molecule has 1 N–H and O–H groups in total. The SMILES string of the molecule is C=C(CC)C(=O)c1c(C2CCN(C(=O)C(C)O)CC2)nc2c(-c3cnn(-c4ccccc4)c3)cnn2c1C. The standard InChI is InChI=1S/C29H32N6O3/c1-5-18(2)27(37)25-19(3)35-28(32-26(25)21-11-13-33(14-12-21)29(38)20(4)36)24(16-31-35)22-15-30-34(17-22)23-9-7-6-8-10-23/h6-10,15-17,20-21,36H,2,5,11-14H2,1,3-4H3. The molecule has 1 unspecified atom stereocenters. The second-order valence-electron chi connectivity index (χ2n) is 9.82. The van der Waals surface area contributed by atoms with Crippen LogP contribution in [-0.2, 0) is 4.79 Å². The van der Waals surface area contributed by atoms with Crippen molar-refractivity contribution in [2.45, 2.75) is 52.1 Å². The van der Waals surface area contributed by atoms with Crippen molar-refractivity contribution in [3.05, 3.63) is 78.0 Å². The maximum atomic E-state index is 13.5. The number of Topliss-reactive ketones (excluding diaryl/α,β-unsaturated/α-hetero) is 1. The van der Waals surface area contributed by atoms with Crippen molar-refractivity contribution in [3.8, 4) is 16.8 Å².